The van der Waals surface area contributed by atoms with Crippen molar-refractivity contribution in [3.63, 3.8) is 0 Å². The van der Waals surface area contributed by atoms with Crippen LogP contribution in [0.15, 0.2) is 42.9 Å². The molecule has 1 fully saturated rings. The molecule has 29 heavy (non-hydrogen) atoms. The maximum Gasteiger partial charge on any atom is 0.225 e. The average molecular weight is 396 g/mol. The summed E-state index contributed by atoms with van der Waals surface area (Å²) in [6.07, 6.45) is 5.53. The van der Waals surface area contributed by atoms with Gasteiger partial charge in [-0.1, -0.05) is 12.1 Å². The molecule has 3 aromatic rings. The summed E-state index contributed by atoms with van der Waals surface area (Å²) in [7, 11) is 5.74. The number of hydrogen-bond donors (Lipinski definition) is 0. The molecule has 2 aromatic heterocycles. The van der Waals surface area contributed by atoms with Crippen molar-refractivity contribution >= 4 is 5.95 Å². The Labute approximate surface area is 169 Å². The minimum atomic E-state index is -0.266. The van der Waals surface area contributed by atoms with Crippen LogP contribution in [-0.2, 0) is 18.3 Å². The molecule has 0 N–H and O–H groups in total. The van der Waals surface area contributed by atoms with Gasteiger partial charge in [0.05, 0.1) is 18.5 Å². The van der Waals surface area contributed by atoms with Gasteiger partial charge in [0.1, 0.15) is 11.9 Å². The fraction of sp³-hybridized carbons (Fsp3) is 0.381. The van der Waals surface area contributed by atoms with Gasteiger partial charge in [-0.05, 0) is 17.7 Å². The number of halogens is 1. The van der Waals surface area contributed by atoms with Crippen LogP contribution in [0, 0.1) is 5.82 Å². The van der Waals surface area contributed by atoms with Gasteiger partial charge in [-0.2, -0.15) is 5.10 Å². The molecule has 1 unspecified atom stereocenters. The van der Waals surface area contributed by atoms with Crippen LogP contribution in [0.1, 0.15) is 17.4 Å². The van der Waals surface area contributed by atoms with Gasteiger partial charge >= 0.3 is 0 Å². The van der Waals surface area contributed by atoms with E-state index in [-0.39, 0.29) is 11.9 Å². The van der Waals surface area contributed by atoms with E-state index in [0.29, 0.717) is 19.1 Å². The van der Waals surface area contributed by atoms with Crippen molar-refractivity contribution in [3.05, 3.63) is 59.9 Å². The second-order valence-electron chi connectivity index (χ2n) is 7.49. The third-order valence-electron chi connectivity index (χ3n) is 4.98. The smallest absolute Gasteiger partial charge is 0.225 e. The quantitative estimate of drug-likeness (QED) is 0.661. The van der Waals surface area contributed by atoms with Crippen LogP contribution in [0.5, 0.6) is 0 Å². The predicted molar refractivity (Wildman–Crippen MR) is 109 cm³/mol. The van der Waals surface area contributed by atoms with E-state index in [0.717, 1.165) is 29.9 Å². The number of rotatable bonds is 5. The van der Waals surface area contributed by atoms with Gasteiger partial charge in [0.15, 0.2) is 0 Å². The number of anilines is 1. The Morgan fingerprint density at radius 1 is 1.21 bits per heavy atom. The maximum atomic E-state index is 13.4. The van der Waals surface area contributed by atoms with Crippen molar-refractivity contribution in [1.29, 1.82) is 0 Å². The number of benzene rings is 1. The fourth-order valence-electron chi connectivity index (χ4n) is 3.52. The lowest BCUT2D eigenvalue weighted by atomic mass is 10.0. The van der Waals surface area contributed by atoms with Gasteiger partial charge in [-0.15, -0.1) is 0 Å². The van der Waals surface area contributed by atoms with Crippen molar-refractivity contribution in [2.75, 3.05) is 38.7 Å². The molecule has 1 aromatic carbocycles. The zero-order valence-corrected chi connectivity index (χ0v) is 16.9. The summed E-state index contributed by atoms with van der Waals surface area (Å²) >= 11 is 0. The van der Waals surface area contributed by atoms with Gasteiger partial charge in [0.25, 0.3) is 0 Å². The van der Waals surface area contributed by atoms with Crippen LogP contribution in [0.4, 0.5) is 10.3 Å². The lowest BCUT2D eigenvalue weighted by molar-refractivity contribution is -0.0347. The van der Waals surface area contributed by atoms with E-state index in [1.165, 1.54) is 17.7 Å². The number of hydrogen-bond acceptors (Lipinski definition) is 6. The molecule has 0 bridgehead atoms. The fourth-order valence-corrected chi connectivity index (χ4v) is 3.52. The van der Waals surface area contributed by atoms with Crippen LogP contribution < -0.4 is 4.90 Å². The van der Waals surface area contributed by atoms with E-state index in [9.17, 15) is 4.39 Å². The third kappa shape index (κ3) is 4.44. The van der Waals surface area contributed by atoms with Crippen molar-refractivity contribution in [3.8, 4) is 11.1 Å². The number of ether oxygens (including phenoxy) is 1. The van der Waals surface area contributed by atoms with E-state index in [1.54, 1.807) is 18.3 Å². The van der Waals surface area contributed by atoms with Crippen LogP contribution in [0.2, 0.25) is 0 Å². The summed E-state index contributed by atoms with van der Waals surface area (Å²) < 4.78 is 21.3. The monoisotopic (exact) mass is 396 g/mol. The topological polar surface area (TPSA) is 59.3 Å². The Bertz CT molecular complexity index is 972. The first-order valence-corrected chi connectivity index (χ1v) is 9.61. The van der Waals surface area contributed by atoms with Gasteiger partial charge in [0.2, 0.25) is 5.95 Å². The van der Waals surface area contributed by atoms with Crippen molar-refractivity contribution in [1.82, 2.24) is 24.6 Å². The van der Waals surface area contributed by atoms with Crippen LogP contribution >= 0.6 is 0 Å². The SMILES string of the molecule is CN(C)c1ncc(-c2ccc(F)cc2)c(C2CN(Cc3cnn(C)c3)CCO2)n1. The first kappa shape index (κ1) is 19.5. The zero-order chi connectivity index (χ0) is 20.4. The highest BCUT2D eigenvalue weighted by Gasteiger charge is 2.27. The first-order valence-electron chi connectivity index (χ1n) is 9.61. The summed E-state index contributed by atoms with van der Waals surface area (Å²) in [5, 5.41) is 4.25. The number of morpholine rings is 1. The van der Waals surface area contributed by atoms with Gasteiger partial charge in [-0.25, -0.2) is 14.4 Å². The molecule has 152 valence electrons. The lowest BCUT2D eigenvalue weighted by Gasteiger charge is -2.33. The molecule has 0 amide bonds. The van der Waals surface area contributed by atoms with Crippen LogP contribution in [-0.4, -0.2) is 58.4 Å². The van der Waals surface area contributed by atoms with E-state index in [2.05, 4.69) is 15.0 Å². The molecule has 0 saturated carbocycles. The summed E-state index contributed by atoms with van der Waals surface area (Å²) in [6, 6.07) is 6.41. The molecule has 4 rings (SSSR count). The number of nitrogens with zero attached hydrogens (tertiary/aromatic N) is 6. The summed E-state index contributed by atoms with van der Waals surface area (Å²) in [5.74, 6) is 0.358. The van der Waals surface area contributed by atoms with Crippen molar-refractivity contribution in [2.45, 2.75) is 12.6 Å². The second-order valence-corrected chi connectivity index (χ2v) is 7.49. The highest BCUT2D eigenvalue weighted by atomic mass is 19.1. The number of aromatic nitrogens is 4. The van der Waals surface area contributed by atoms with E-state index >= 15 is 0 Å². The Morgan fingerprint density at radius 2 is 2.00 bits per heavy atom. The number of aryl methyl sites for hydroxylation is 1. The van der Waals surface area contributed by atoms with Crippen molar-refractivity contribution < 1.29 is 9.13 Å². The van der Waals surface area contributed by atoms with Gasteiger partial charge < -0.3 is 9.64 Å². The maximum absolute atomic E-state index is 13.4. The summed E-state index contributed by atoms with van der Waals surface area (Å²) in [5.41, 5.74) is 3.73. The highest BCUT2D eigenvalue weighted by Crippen LogP contribution is 2.32. The van der Waals surface area contributed by atoms with Gasteiger partial charge in [0, 0.05) is 64.3 Å². The van der Waals surface area contributed by atoms with E-state index in [1.807, 2.05) is 43.1 Å². The molecule has 1 saturated heterocycles. The summed E-state index contributed by atoms with van der Waals surface area (Å²) in [6.45, 7) is 3.00. The molecular weight excluding hydrogens is 371 g/mol. The third-order valence-corrected chi connectivity index (χ3v) is 4.98. The van der Waals surface area contributed by atoms with Crippen LogP contribution in [0.3, 0.4) is 0 Å². The molecular formula is C21H25FN6O. The Balaban J connectivity index is 1.64. The zero-order valence-electron chi connectivity index (χ0n) is 16.9. The predicted octanol–water partition coefficient (Wildman–Crippen LogP) is 2.66. The van der Waals surface area contributed by atoms with Gasteiger partial charge in [-0.3, -0.25) is 9.58 Å². The Kier molecular flexibility index (Phi) is 5.55. The standard InChI is InChI=1S/C21H25FN6O/c1-26(2)21-23-11-18(16-4-6-17(22)7-5-16)20(25-21)19-14-28(8-9-29-19)13-15-10-24-27(3)12-15/h4-7,10-12,19H,8-9,13-14H2,1-3H3. The molecule has 7 nitrogen and oxygen atoms in total. The first-order chi connectivity index (χ1) is 14.0. The Hall–Kier alpha value is -2.84. The van der Waals surface area contributed by atoms with E-state index < -0.39 is 0 Å². The molecule has 0 aliphatic carbocycles. The molecule has 0 radical (unpaired) electrons. The van der Waals surface area contributed by atoms with Crippen LogP contribution in [0.25, 0.3) is 11.1 Å². The molecule has 0 spiro atoms. The van der Waals surface area contributed by atoms with Crippen molar-refractivity contribution in [2.24, 2.45) is 7.05 Å². The highest BCUT2D eigenvalue weighted by molar-refractivity contribution is 5.66. The molecule has 1 aliphatic rings. The Morgan fingerprint density at radius 3 is 2.69 bits per heavy atom. The minimum absolute atomic E-state index is 0.192. The molecule has 1 aliphatic heterocycles. The normalized spacial score (nSPS) is 17.4. The lowest BCUT2D eigenvalue weighted by Crippen LogP contribution is -2.38. The average Bonchev–Trinajstić information content (AvgIpc) is 3.13. The second kappa shape index (κ2) is 8.26. The molecule has 3 heterocycles. The van der Waals surface area contributed by atoms with E-state index in [4.69, 9.17) is 9.72 Å². The molecule has 8 heteroatoms. The summed E-state index contributed by atoms with van der Waals surface area (Å²) in [4.78, 5) is 13.5. The minimum Gasteiger partial charge on any atom is -0.369 e. The largest absolute Gasteiger partial charge is 0.369 e. The molecule has 1 atom stereocenters.